The van der Waals surface area contributed by atoms with E-state index in [2.05, 4.69) is 41.3 Å². The standard InChI is InChI=1S/C16H21N3O/c1-11(2)7-17-8-12-9-18-16(19-12)14-10-20-15-6-4-3-5-13(14)15/h3-6,9,11,14,17H,7-8,10H2,1-2H3,(H,18,19). The summed E-state index contributed by atoms with van der Waals surface area (Å²) >= 11 is 0. The van der Waals surface area contributed by atoms with Gasteiger partial charge in [0.25, 0.3) is 0 Å². The minimum atomic E-state index is 0.227. The summed E-state index contributed by atoms with van der Waals surface area (Å²) in [6, 6.07) is 8.19. The summed E-state index contributed by atoms with van der Waals surface area (Å²) in [6.07, 6.45) is 1.92. The minimum Gasteiger partial charge on any atom is -0.492 e. The van der Waals surface area contributed by atoms with Gasteiger partial charge in [0.2, 0.25) is 0 Å². The molecular weight excluding hydrogens is 250 g/mol. The maximum atomic E-state index is 5.71. The summed E-state index contributed by atoms with van der Waals surface area (Å²) < 4.78 is 5.71. The van der Waals surface area contributed by atoms with Gasteiger partial charge < -0.3 is 15.0 Å². The fourth-order valence-electron chi connectivity index (χ4n) is 2.53. The molecular formula is C16H21N3O. The molecule has 0 amide bonds. The number of hydrogen-bond donors (Lipinski definition) is 2. The van der Waals surface area contributed by atoms with E-state index in [4.69, 9.17) is 4.74 Å². The lowest BCUT2D eigenvalue weighted by atomic mass is 10.0. The molecule has 1 aromatic heterocycles. The van der Waals surface area contributed by atoms with Crippen LogP contribution in [0.2, 0.25) is 0 Å². The molecule has 2 N–H and O–H groups in total. The van der Waals surface area contributed by atoms with Gasteiger partial charge in [-0.2, -0.15) is 0 Å². The molecule has 1 aromatic carbocycles. The molecule has 2 aromatic rings. The van der Waals surface area contributed by atoms with Crippen LogP contribution in [0.25, 0.3) is 0 Å². The second-order valence-corrected chi connectivity index (χ2v) is 5.72. The van der Waals surface area contributed by atoms with E-state index in [1.54, 1.807) is 0 Å². The molecule has 20 heavy (non-hydrogen) atoms. The maximum absolute atomic E-state index is 5.71. The lowest BCUT2D eigenvalue weighted by Gasteiger charge is -2.06. The number of hydrogen-bond acceptors (Lipinski definition) is 3. The first kappa shape index (κ1) is 13.2. The molecule has 0 fully saturated rings. The van der Waals surface area contributed by atoms with Crippen LogP contribution in [-0.2, 0) is 6.54 Å². The smallest absolute Gasteiger partial charge is 0.123 e. The third-order valence-corrected chi connectivity index (χ3v) is 3.55. The molecule has 3 rings (SSSR count). The molecule has 0 spiro atoms. The van der Waals surface area contributed by atoms with Crippen LogP contribution in [0.5, 0.6) is 5.75 Å². The van der Waals surface area contributed by atoms with E-state index in [9.17, 15) is 0 Å². The predicted octanol–water partition coefficient (Wildman–Crippen LogP) is 2.68. The van der Waals surface area contributed by atoms with Crippen molar-refractivity contribution < 1.29 is 4.74 Å². The average Bonchev–Trinajstić information content (AvgIpc) is 3.04. The number of nitrogens with zero attached hydrogens (tertiary/aromatic N) is 1. The van der Waals surface area contributed by atoms with Crippen molar-refractivity contribution in [3.63, 3.8) is 0 Å². The van der Waals surface area contributed by atoms with E-state index < -0.39 is 0 Å². The largest absolute Gasteiger partial charge is 0.492 e. The molecule has 1 aliphatic heterocycles. The van der Waals surface area contributed by atoms with Crippen LogP contribution in [0.3, 0.4) is 0 Å². The van der Waals surface area contributed by atoms with Gasteiger partial charge >= 0.3 is 0 Å². The van der Waals surface area contributed by atoms with Crippen LogP contribution in [-0.4, -0.2) is 23.1 Å². The Labute approximate surface area is 119 Å². The second kappa shape index (κ2) is 5.67. The van der Waals surface area contributed by atoms with Crippen molar-refractivity contribution in [3.05, 3.63) is 47.5 Å². The number of rotatable bonds is 5. The number of para-hydroxylation sites is 1. The number of H-pyrrole nitrogens is 1. The van der Waals surface area contributed by atoms with Crippen LogP contribution >= 0.6 is 0 Å². The summed E-state index contributed by atoms with van der Waals surface area (Å²) in [5.74, 6) is 2.86. The van der Waals surface area contributed by atoms with Gasteiger partial charge in [0.15, 0.2) is 0 Å². The number of ether oxygens (including phenoxy) is 1. The van der Waals surface area contributed by atoms with Gasteiger partial charge in [-0.3, -0.25) is 0 Å². The molecule has 4 nitrogen and oxygen atoms in total. The number of aromatic nitrogens is 2. The fraction of sp³-hybridized carbons (Fsp3) is 0.438. The first-order valence-electron chi connectivity index (χ1n) is 7.20. The van der Waals surface area contributed by atoms with Crippen LogP contribution in [0.15, 0.2) is 30.5 Å². The topological polar surface area (TPSA) is 49.9 Å². The third kappa shape index (κ3) is 2.70. The van der Waals surface area contributed by atoms with Gasteiger partial charge in [-0.25, -0.2) is 4.98 Å². The maximum Gasteiger partial charge on any atom is 0.123 e. The Morgan fingerprint density at radius 1 is 1.40 bits per heavy atom. The van der Waals surface area contributed by atoms with Crippen molar-refractivity contribution in [3.8, 4) is 5.75 Å². The van der Waals surface area contributed by atoms with Crippen molar-refractivity contribution >= 4 is 0 Å². The van der Waals surface area contributed by atoms with Crippen LogP contribution in [0, 0.1) is 5.92 Å². The minimum absolute atomic E-state index is 0.227. The van der Waals surface area contributed by atoms with Crippen LogP contribution in [0.4, 0.5) is 0 Å². The Kier molecular flexibility index (Phi) is 3.74. The van der Waals surface area contributed by atoms with Gasteiger partial charge in [0, 0.05) is 24.0 Å². The summed E-state index contributed by atoms with van der Waals surface area (Å²) in [7, 11) is 0. The van der Waals surface area contributed by atoms with Gasteiger partial charge in [-0.15, -0.1) is 0 Å². The van der Waals surface area contributed by atoms with E-state index in [0.29, 0.717) is 12.5 Å². The highest BCUT2D eigenvalue weighted by molar-refractivity contribution is 5.42. The highest BCUT2D eigenvalue weighted by Gasteiger charge is 2.27. The van der Waals surface area contributed by atoms with Crippen molar-refractivity contribution in [2.75, 3.05) is 13.2 Å². The van der Waals surface area contributed by atoms with Gasteiger partial charge in [-0.1, -0.05) is 32.0 Å². The van der Waals surface area contributed by atoms with E-state index in [1.165, 1.54) is 5.56 Å². The quantitative estimate of drug-likeness (QED) is 0.879. The first-order valence-corrected chi connectivity index (χ1v) is 7.20. The second-order valence-electron chi connectivity index (χ2n) is 5.72. The SMILES string of the molecule is CC(C)CNCc1cnc(C2COc3ccccc32)[nH]1. The Bertz CT molecular complexity index is 577. The number of nitrogens with one attached hydrogen (secondary N) is 2. The molecule has 0 radical (unpaired) electrons. The normalized spacial score (nSPS) is 17.2. The molecule has 0 saturated heterocycles. The summed E-state index contributed by atoms with van der Waals surface area (Å²) in [6.45, 7) is 6.94. The summed E-state index contributed by atoms with van der Waals surface area (Å²) in [5.41, 5.74) is 2.36. The lowest BCUT2D eigenvalue weighted by molar-refractivity contribution is 0.340. The third-order valence-electron chi connectivity index (χ3n) is 3.55. The van der Waals surface area contributed by atoms with Crippen LogP contribution < -0.4 is 10.1 Å². The summed E-state index contributed by atoms with van der Waals surface area (Å²) in [5, 5.41) is 3.42. The zero-order valence-electron chi connectivity index (χ0n) is 12.0. The van der Waals surface area contributed by atoms with Crippen molar-refractivity contribution in [2.45, 2.75) is 26.3 Å². The van der Waals surface area contributed by atoms with Crippen molar-refractivity contribution in [1.29, 1.82) is 0 Å². The van der Waals surface area contributed by atoms with Gasteiger partial charge in [0.05, 0.1) is 5.92 Å². The molecule has 1 unspecified atom stereocenters. The molecule has 4 heteroatoms. The summed E-state index contributed by atoms with van der Waals surface area (Å²) in [4.78, 5) is 7.94. The van der Waals surface area contributed by atoms with E-state index in [1.807, 2.05) is 18.3 Å². The highest BCUT2D eigenvalue weighted by atomic mass is 16.5. The number of benzene rings is 1. The van der Waals surface area contributed by atoms with Crippen LogP contribution in [0.1, 0.15) is 36.8 Å². The molecule has 1 atom stereocenters. The van der Waals surface area contributed by atoms with Gasteiger partial charge in [0.1, 0.15) is 18.2 Å². The zero-order chi connectivity index (χ0) is 13.9. The Morgan fingerprint density at radius 2 is 2.25 bits per heavy atom. The zero-order valence-corrected chi connectivity index (χ0v) is 12.0. The molecule has 0 bridgehead atoms. The van der Waals surface area contributed by atoms with Crippen molar-refractivity contribution in [1.82, 2.24) is 15.3 Å². The van der Waals surface area contributed by atoms with Gasteiger partial charge in [-0.05, 0) is 18.5 Å². The Morgan fingerprint density at radius 3 is 3.10 bits per heavy atom. The monoisotopic (exact) mass is 271 g/mol. The molecule has 106 valence electrons. The first-order chi connectivity index (χ1) is 9.74. The van der Waals surface area contributed by atoms with Crippen molar-refractivity contribution in [2.24, 2.45) is 5.92 Å². The lowest BCUT2D eigenvalue weighted by Crippen LogP contribution is -2.19. The highest BCUT2D eigenvalue weighted by Crippen LogP contribution is 2.36. The molecule has 0 aliphatic carbocycles. The molecule has 0 saturated carbocycles. The average molecular weight is 271 g/mol. The van der Waals surface area contributed by atoms with E-state index in [-0.39, 0.29) is 5.92 Å². The molecule has 2 heterocycles. The number of aromatic amines is 1. The fourth-order valence-corrected chi connectivity index (χ4v) is 2.53. The van der Waals surface area contributed by atoms with E-state index >= 15 is 0 Å². The van der Waals surface area contributed by atoms with E-state index in [0.717, 1.165) is 30.4 Å². The number of imidazole rings is 1. The Hall–Kier alpha value is -1.81. The Balaban J connectivity index is 1.69. The number of fused-ring (bicyclic) bond motifs is 1. The molecule has 1 aliphatic rings. The predicted molar refractivity (Wildman–Crippen MR) is 78.9 cm³/mol.